The highest BCUT2D eigenvalue weighted by Gasteiger charge is 2.25. The van der Waals surface area contributed by atoms with Gasteiger partial charge in [-0.2, -0.15) is 0 Å². The van der Waals surface area contributed by atoms with E-state index in [1.165, 1.54) is 87.2 Å². The SMILES string of the molecule is c1ccc(-c2nc(-n3c4ccc(-c5ccc6c(c5)c5ccccc5n6-c5ccccc5)cc4c4cc(-c5ccc6c(c5)c5ccccc5n6-c5ccccc5)ccc43)nc3ccc(-n4c5ccc(-c6ccc7c(c6)c6ccccc6n7-c6ccccc6)cc5c5cc(-c6ccc7c(c6)c6ccccc6n7-c6ccccc6)ccc54)cc23)cc1. The average Bonchev–Trinajstić information content (AvgIpc) is 1.58. The first-order valence-corrected chi connectivity index (χ1v) is 40.4. The van der Waals surface area contributed by atoms with Crippen LogP contribution in [0.5, 0.6) is 0 Å². The van der Waals surface area contributed by atoms with Crippen molar-refractivity contribution in [3.63, 3.8) is 0 Å². The maximum absolute atomic E-state index is 5.85. The zero-order valence-electron chi connectivity index (χ0n) is 63.8. The van der Waals surface area contributed by atoms with Crippen LogP contribution in [-0.2, 0) is 0 Å². The topological polar surface area (TPSA) is 55.4 Å². The van der Waals surface area contributed by atoms with Crippen LogP contribution in [0.15, 0.2) is 413 Å². The molecule has 8 heteroatoms. The van der Waals surface area contributed by atoms with Gasteiger partial charge in [-0.1, -0.05) is 224 Å². The van der Waals surface area contributed by atoms with Crippen molar-refractivity contribution in [1.82, 2.24) is 37.4 Å². The van der Waals surface area contributed by atoms with Crippen LogP contribution in [0.25, 0.3) is 232 Å². The molecule has 8 nitrogen and oxygen atoms in total. The Morgan fingerprint density at radius 2 is 0.364 bits per heavy atom. The third kappa shape index (κ3) is 10.0. The number of hydrogen-bond acceptors (Lipinski definition) is 2. The number of rotatable bonds is 11. The number of hydrogen-bond donors (Lipinski definition) is 0. The van der Waals surface area contributed by atoms with E-state index < -0.39 is 0 Å². The molecular formula is C110H68N8. The molecule has 0 aliphatic heterocycles. The van der Waals surface area contributed by atoms with Gasteiger partial charge in [-0.25, -0.2) is 9.97 Å². The molecule has 548 valence electrons. The van der Waals surface area contributed by atoms with Gasteiger partial charge in [-0.3, -0.25) is 4.57 Å². The summed E-state index contributed by atoms with van der Waals surface area (Å²) in [4.78, 5) is 11.6. The number of aromatic nitrogens is 8. The van der Waals surface area contributed by atoms with Crippen molar-refractivity contribution >= 4 is 142 Å². The Labute approximate surface area is 677 Å². The van der Waals surface area contributed by atoms with Crippen LogP contribution >= 0.6 is 0 Å². The zero-order chi connectivity index (χ0) is 77.2. The van der Waals surface area contributed by atoms with Gasteiger partial charge in [0.2, 0.25) is 5.95 Å². The van der Waals surface area contributed by atoms with E-state index in [9.17, 15) is 0 Å². The van der Waals surface area contributed by atoms with E-state index in [-0.39, 0.29) is 0 Å². The third-order valence-corrected chi connectivity index (χ3v) is 24.8. The third-order valence-electron chi connectivity index (χ3n) is 24.8. The van der Waals surface area contributed by atoms with E-state index >= 15 is 0 Å². The molecule has 0 N–H and O–H groups in total. The van der Waals surface area contributed by atoms with Crippen LogP contribution in [0.3, 0.4) is 0 Å². The summed E-state index contributed by atoms with van der Waals surface area (Å²) in [6.45, 7) is 0. The minimum atomic E-state index is 0.590. The summed E-state index contributed by atoms with van der Waals surface area (Å²) >= 11 is 0. The van der Waals surface area contributed by atoms with Gasteiger partial charge in [-0.15, -0.1) is 0 Å². The highest BCUT2D eigenvalue weighted by molar-refractivity contribution is 6.18. The van der Waals surface area contributed by atoms with E-state index in [1.54, 1.807) is 0 Å². The molecule has 118 heavy (non-hydrogen) atoms. The van der Waals surface area contributed by atoms with Gasteiger partial charge < -0.3 is 22.8 Å². The average molecular weight is 1500 g/mol. The predicted octanol–water partition coefficient (Wildman–Crippen LogP) is 28.5. The second kappa shape index (κ2) is 25.8. The smallest absolute Gasteiger partial charge is 0.235 e. The van der Waals surface area contributed by atoms with E-state index in [1.807, 2.05) is 0 Å². The van der Waals surface area contributed by atoms with Crippen LogP contribution in [0, 0.1) is 0 Å². The Morgan fingerprint density at radius 3 is 0.653 bits per heavy atom. The Kier molecular flexibility index (Phi) is 14.4. The number of benzene rings is 18. The molecule has 0 spiro atoms. The van der Waals surface area contributed by atoms with Crippen LogP contribution < -0.4 is 0 Å². The molecule has 0 aliphatic rings. The lowest BCUT2D eigenvalue weighted by molar-refractivity contribution is 1.01. The summed E-state index contributed by atoms with van der Waals surface area (Å²) in [5.74, 6) is 0.590. The van der Waals surface area contributed by atoms with Gasteiger partial charge in [0.05, 0.1) is 77.4 Å². The maximum Gasteiger partial charge on any atom is 0.235 e. The molecule has 7 heterocycles. The van der Waals surface area contributed by atoms with Crippen molar-refractivity contribution in [2.24, 2.45) is 0 Å². The molecule has 0 fully saturated rings. The molecule has 25 rings (SSSR count). The molecule has 7 aromatic heterocycles. The fourth-order valence-corrected chi connectivity index (χ4v) is 19.4. The first-order chi connectivity index (χ1) is 58.5. The van der Waals surface area contributed by atoms with E-state index in [0.29, 0.717) is 5.95 Å². The van der Waals surface area contributed by atoms with Gasteiger partial charge in [0, 0.05) is 104 Å². The highest BCUT2D eigenvalue weighted by atomic mass is 15.2. The van der Waals surface area contributed by atoms with Crippen molar-refractivity contribution in [2.75, 3.05) is 0 Å². The van der Waals surface area contributed by atoms with Crippen LogP contribution in [0.2, 0.25) is 0 Å². The molecule has 0 radical (unpaired) electrons. The van der Waals surface area contributed by atoms with Gasteiger partial charge in [0.15, 0.2) is 0 Å². The summed E-state index contributed by atoms with van der Waals surface area (Å²) in [6, 6.07) is 151. The molecule has 18 aromatic carbocycles. The second-order valence-corrected chi connectivity index (χ2v) is 31.2. The van der Waals surface area contributed by atoms with Gasteiger partial charge >= 0.3 is 0 Å². The fourth-order valence-electron chi connectivity index (χ4n) is 19.4. The lowest BCUT2D eigenvalue weighted by atomic mass is 9.98. The standard InChI is InChI=1S/C110H68N8/c1-6-24-69(25-7-1)109-95-68-82(117-105-56-46-74(70-42-52-101-87(60-70)83-34-16-20-38-97(83)113(101)78-26-8-2-9-27-78)64-91(105)92-65-75(47-57-106(92)117)71-43-53-102-88(61-71)84-35-17-21-39-98(84)114(102)79-28-10-3-11-29-79)50-51-96(95)111-110(112-109)118-107-58-48-76(72-44-54-103-89(62-72)85-36-18-22-40-99(85)115(103)80-30-12-4-13-31-80)66-93(107)94-67-77(49-59-108(94)118)73-45-55-104-90(63-73)86-37-19-23-41-100(86)116(104)81-32-14-5-15-33-81/h1-68H. The molecular weight excluding hydrogens is 1430 g/mol. The van der Waals surface area contributed by atoms with Crippen molar-refractivity contribution in [3.8, 4) is 90.2 Å². The number of para-hydroxylation sites is 8. The van der Waals surface area contributed by atoms with E-state index in [0.717, 1.165) is 139 Å². The molecule has 0 saturated carbocycles. The first kappa shape index (κ1) is 65.6. The quantitative estimate of drug-likeness (QED) is 0.130. The second-order valence-electron chi connectivity index (χ2n) is 31.2. The monoisotopic (exact) mass is 1500 g/mol. The van der Waals surface area contributed by atoms with Crippen molar-refractivity contribution in [3.05, 3.63) is 413 Å². The molecule has 0 unspecified atom stereocenters. The van der Waals surface area contributed by atoms with Crippen molar-refractivity contribution < 1.29 is 0 Å². The lowest BCUT2D eigenvalue weighted by Gasteiger charge is -2.14. The highest BCUT2D eigenvalue weighted by Crippen LogP contribution is 2.46. The fraction of sp³-hybridized carbons (Fsp3) is 0. The summed E-state index contributed by atoms with van der Waals surface area (Å²) in [5, 5.41) is 15.2. The largest absolute Gasteiger partial charge is 0.309 e. The number of fused-ring (bicyclic) bond motifs is 19. The zero-order valence-corrected chi connectivity index (χ0v) is 63.8. The summed E-state index contributed by atoms with van der Waals surface area (Å²) in [5.41, 5.74) is 31.0. The number of nitrogens with zero attached hydrogens (tertiary/aromatic N) is 8. The molecule has 0 aliphatic carbocycles. The maximum atomic E-state index is 5.85. The molecule has 0 amide bonds. The normalized spacial score (nSPS) is 12.1. The van der Waals surface area contributed by atoms with Gasteiger partial charge in [-0.05, 0) is 233 Å². The molecule has 0 saturated heterocycles. The van der Waals surface area contributed by atoms with Crippen molar-refractivity contribution in [2.45, 2.75) is 0 Å². The Morgan fingerprint density at radius 1 is 0.136 bits per heavy atom. The Bertz CT molecular complexity index is 8040. The van der Waals surface area contributed by atoms with Gasteiger partial charge in [0.1, 0.15) is 0 Å². The van der Waals surface area contributed by atoms with Crippen LogP contribution in [0.1, 0.15) is 0 Å². The van der Waals surface area contributed by atoms with Crippen LogP contribution in [0.4, 0.5) is 0 Å². The Balaban J connectivity index is 0.675. The summed E-state index contributed by atoms with van der Waals surface area (Å²) < 4.78 is 14.3. The summed E-state index contributed by atoms with van der Waals surface area (Å²) in [6.07, 6.45) is 0. The van der Waals surface area contributed by atoms with Gasteiger partial charge in [0.25, 0.3) is 0 Å². The minimum Gasteiger partial charge on any atom is -0.309 e. The summed E-state index contributed by atoms with van der Waals surface area (Å²) in [7, 11) is 0. The van der Waals surface area contributed by atoms with Crippen molar-refractivity contribution in [1.29, 1.82) is 0 Å². The molecule has 25 aromatic rings. The van der Waals surface area contributed by atoms with E-state index in [4.69, 9.17) is 9.97 Å². The first-order valence-electron chi connectivity index (χ1n) is 40.4. The molecule has 0 atom stereocenters. The lowest BCUT2D eigenvalue weighted by Crippen LogP contribution is -2.04. The van der Waals surface area contributed by atoms with E-state index in [2.05, 4.69) is 440 Å². The Hall–Kier alpha value is -15.9. The minimum absolute atomic E-state index is 0.590. The predicted molar refractivity (Wildman–Crippen MR) is 493 cm³/mol. The molecule has 0 bridgehead atoms. The van der Waals surface area contributed by atoms with Crippen LogP contribution in [-0.4, -0.2) is 37.4 Å².